The fourth-order valence-electron chi connectivity index (χ4n) is 6.18. The summed E-state index contributed by atoms with van der Waals surface area (Å²) in [5.74, 6) is -1.05. The fraction of sp³-hybridized carbons (Fsp3) is 0.613. The minimum atomic E-state index is -0.523. The summed E-state index contributed by atoms with van der Waals surface area (Å²) in [6, 6.07) is 13.4. The molecule has 0 bridgehead atoms. The zero-order valence-electron chi connectivity index (χ0n) is 23.4. The van der Waals surface area contributed by atoms with Crippen molar-refractivity contribution in [3.05, 3.63) is 56.5 Å². The Morgan fingerprint density at radius 1 is 0.718 bits per heavy atom. The summed E-state index contributed by atoms with van der Waals surface area (Å²) < 4.78 is 37.5. The maximum Gasteiger partial charge on any atom is 0.163 e. The van der Waals surface area contributed by atoms with Crippen LogP contribution in [0.2, 0.25) is 0 Å². The highest BCUT2D eigenvalue weighted by atomic mass is 79.9. The molecular formula is C31H40Br2O6. The predicted molar refractivity (Wildman–Crippen MR) is 158 cm³/mol. The molecule has 6 nitrogen and oxygen atoms in total. The topological polar surface area (TPSA) is 55.4 Å². The summed E-state index contributed by atoms with van der Waals surface area (Å²) in [6.07, 6.45) is 3.84. The molecular weight excluding hydrogens is 628 g/mol. The van der Waals surface area contributed by atoms with Crippen LogP contribution < -0.4 is 0 Å². The van der Waals surface area contributed by atoms with Crippen LogP contribution in [-0.4, -0.2) is 63.4 Å². The van der Waals surface area contributed by atoms with Gasteiger partial charge in [0.05, 0.1) is 26.4 Å². The molecule has 39 heavy (non-hydrogen) atoms. The Bertz CT molecular complexity index is 1060. The van der Waals surface area contributed by atoms with E-state index in [0.29, 0.717) is 39.6 Å². The van der Waals surface area contributed by atoms with E-state index in [-0.39, 0.29) is 17.6 Å². The molecule has 0 radical (unpaired) electrons. The van der Waals surface area contributed by atoms with Gasteiger partial charge in [0.15, 0.2) is 11.6 Å². The van der Waals surface area contributed by atoms with Crippen molar-refractivity contribution in [2.24, 2.45) is 0 Å². The lowest BCUT2D eigenvalue weighted by Crippen LogP contribution is -2.28. The monoisotopic (exact) mass is 666 g/mol. The third kappa shape index (κ3) is 6.97. The Balaban J connectivity index is 1.26. The Labute approximate surface area is 249 Å². The van der Waals surface area contributed by atoms with Crippen LogP contribution in [0.3, 0.4) is 0 Å². The summed E-state index contributed by atoms with van der Waals surface area (Å²) in [5.41, 5.74) is 5.29. The van der Waals surface area contributed by atoms with Gasteiger partial charge in [-0.3, -0.25) is 0 Å². The van der Waals surface area contributed by atoms with E-state index in [2.05, 4.69) is 68.3 Å². The Hall–Kier alpha value is -0.840. The zero-order valence-corrected chi connectivity index (χ0v) is 26.6. The number of hydrogen-bond donors (Lipinski definition) is 0. The summed E-state index contributed by atoms with van der Waals surface area (Å²) in [5, 5.41) is 0. The summed E-state index contributed by atoms with van der Waals surface area (Å²) in [6.45, 7) is 11.4. The molecule has 2 unspecified atom stereocenters. The molecule has 2 aliphatic heterocycles. The second-order valence-electron chi connectivity index (χ2n) is 11.7. The van der Waals surface area contributed by atoms with E-state index in [4.69, 9.17) is 28.4 Å². The molecule has 2 aromatic carbocycles. The lowest BCUT2D eigenvalue weighted by atomic mass is 9.71. The van der Waals surface area contributed by atoms with E-state index in [1.807, 2.05) is 27.7 Å². The largest absolute Gasteiger partial charge is 0.379 e. The van der Waals surface area contributed by atoms with Crippen molar-refractivity contribution in [2.45, 2.75) is 82.6 Å². The average Bonchev–Trinajstić information content (AvgIpc) is 3.49. The third-order valence-electron chi connectivity index (χ3n) is 7.81. The van der Waals surface area contributed by atoms with E-state index in [0.717, 1.165) is 34.6 Å². The van der Waals surface area contributed by atoms with Crippen LogP contribution in [0.25, 0.3) is 11.1 Å². The van der Waals surface area contributed by atoms with Gasteiger partial charge in [0.2, 0.25) is 0 Å². The van der Waals surface area contributed by atoms with Crippen molar-refractivity contribution in [3.63, 3.8) is 0 Å². The van der Waals surface area contributed by atoms with Crippen LogP contribution >= 0.6 is 31.9 Å². The van der Waals surface area contributed by atoms with Crippen molar-refractivity contribution >= 4 is 31.9 Å². The van der Waals surface area contributed by atoms with E-state index in [1.165, 1.54) is 22.3 Å². The number of fused-ring (bicyclic) bond motifs is 3. The number of hydrogen-bond acceptors (Lipinski definition) is 6. The summed E-state index contributed by atoms with van der Waals surface area (Å²) >= 11 is 7.49. The molecule has 0 N–H and O–H groups in total. The second-order valence-corrected chi connectivity index (χ2v) is 13.6. The smallest absolute Gasteiger partial charge is 0.163 e. The lowest BCUT2D eigenvalue weighted by molar-refractivity contribution is -0.145. The number of rotatable bonds is 12. The fourth-order valence-corrected chi connectivity index (χ4v) is 6.90. The Morgan fingerprint density at radius 2 is 1.15 bits per heavy atom. The van der Waals surface area contributed by atoms with Gasteiger partial charge < -0.3 is 28.4 Å². The zero-order chi connectivity index (χ0) is 27.7. The van der Waals surface area contributed by atoms with E-state index >= 15 is 0 Å². The highest BCUT2D eigenvalue weighted by Crippen LogP contribution is 2.54. The van der Waals surface area contributed by atoms with Crippen molar-refractivity contribution in [1.82, 2.24) is 0 Å². The highest BCUT2D eigenvalue weighted by Gasteiger charge is 2.43. The minimum Gasteiger partial charge on any atom is -0.379 e. The van der Waals surface area contributed by atoms with E-state index in [9.17, 15) is 0 Å². The first-order valence-corrected chi connectivity index (χ1v) is 15.6. The van der Waals surface area contributed by atoms with Gasteiger partial charge in [0.1, 0.15) is 12.2 Å². The molecule has 2 fully saturated rings. The molecule has 2 heterocycles. The quantitative estimate of drug-likeness (QED) is 0.220. The maximum atomic E-state index is 6.08. The highest BCUT2D eigenvalue weighted by molar-refractivity contribution is 9.10. The first-order chi connectivity index (χ1) is 18.6. The van der Waals surface area contributed by atoms with Gasteiger partial charge in [0.25, 0.3) is 0 Å². The molecule has 8 heteroatoms. The molecule has 0 saturated carbocycles. The van der Waals surface area contributed by atoms with Crippen LogP contribution in [-0.2, 0) is 33.8 Å². The normalized spacial score (nSPS) is 24.2. The third-order valence-corrected chi connectivity index (χ3v) is 8.80. The minimum absolute atomic E-state index is 0.00854. The standard InChI is InChI=1S/C31H40Br2O6/c1-29(2)36-19-23(38-29)17-34-13-5-11-31(12-6-14-35-18-24-20-37-30(3,4)39-24)27-15-21(32)7-9-25(27)26-10-8-22(33)16-28(26)31/h7-10,15-16,23-24H,5-6,11-14,17-20H2,1-4H3. The first kappa shape index (κ1) is 29.6. The lowest BCUT2D eigenvalue weighted by Gasteiger charge is -2.33. The SMILES string of the molecule is CC1(C)OCC(COCCCC2(CCCOCC3COC(C)(C)O3)c3cc(Br)ccc3-c3ccc(Br)cc32)O1. The average molecular weight is 668 g/mol. The molecule has 2 saturated heterocycles. The second kappa shape index (κ2) is 12.2. The molecule has 0 amide bonds. The predicted octanol–water partition coefficient (Wildman–Crippen LogP) is 7.37. The van der Waals surface area contributed by atoms with Crippen LogP contribution in [0.5, 0.6) is 0 Å². The van der Waals surface area contributed by atoms with Crippen LogP contribution in [0.4, 0.5) is 0 Å². The van der Waals surface area contributed by atoms with Gasteiger partial charge in [-0.2, -0.15) is 0 Å². The van der Waals surface area contributed by atoms with E-state index < -0.39 is 11.6 Å². The van der Waals surface area contributed by atoms with Gasteiger partial charge in [-0.05, 0) is 99.9 Å². The summed E-state index contributed by atoms with van der Waals surface area (Å²) in [7, 11) is 0. The number of ether oxygens (including phenoxy) is 6. The van der Waals surface area contributed by atoms with Gasteiger partial charge in [0, 0.05) is 27.6 Å². The van der Waals surface area contributed by atoms with Crippen molar-refractivity contribution in [1.29, 1.82) is 0 Å². The molecule has 214 valence electrons. The van der Waals surface area contributed by atoms with Crippen LogP contribution in [0.15, 0.2) is 45.3 Å². The molecule has 5 rings (SSSR count). The van der Waals surface area contributed by atoms with Crippen molar-refractivity contribution in [3.8, 4) is 11.1 Å². The molecule has 0 aromatic heterocycles. The molecule has 2 atom stereocenters. The number of benzene rings is 2. The number of halogens is 2. The van der Waals surface area contributed by atoms with Crippen LogP contribution in [0, 0.1) is 0 Å². The summed E-state index contributed by atoms with van der Waals surface area (Å²) in [4.78, 5) is 0. The maximum absolute atomic E-state index is 6.08. The van der Waals surface area contributed by atoms with Crippen molar-refractivity contribution < 1.29 is 28.4 Å². The molecule has 3 aliphatic rings. The molecule has 1 aliphatic carbocycles. The first-order valence-electron chi connectivity index (χ1n) is 14.0. The van der Waals surface area contributed by atoms with Crippen LogP contribution in [0.1, 0.15) is 64.5 Å². The molecule has 2 aromatic rings. The van der Waals surface area contributed by atoms with Gasteiger partial charge in [-0.25, -0.2) is 0 Å². The molecule has 0 spiro atoms. The van der Waals surface area contributed by atoms with Gasteiger partial charge in [-0.1, -0.05) is 44.0 Å². The Kier molecular flexibility index (Phi) is 9.26. The van der Waals surface area contributed by atoms with Crippen molar-refractivity contribution in [2.75, 3.05) is 39.6 Å². The van der Waals surface area contributed by atoms with Gasteiger partial charge in [-0.15, -0.1) is 0 Å². The van der Waals surface area contributed by atoms with E-state index in [1.54, 1.807) is 0 Å². The van der Waals surface area contributed by atoms with Gasteiger partial charge >= 0.3 is 0 Å². The Morgan fingerprint density at radius 3 is 1.54 bits per heavy atom.